The Hall–Kier alpha value is -1.09. The average Bonchev–Trinajstić information content (AvgIpc) is 2.35. The fourth-order valence-corrected chi connectivity index (χ4v) is 2.25. The highest BCUT2D eigenvalue weighted by molar-refractivity contribution is 6.31. The molecule has 2 aromatic rings. The van der Waals surface area contributed by atoms with Crippen LogP contribution in [0, 0.1) is 6.92 Å². The quantitative estimate of drug-likeness (QED) is 0.923. The second-order valence-electron chi connectivity index (χ2n) is 4.14. The molecule has 0 amide bonds. The Balaban J connectivity index is 2.25. The number of benzene rings is 1. The largest absolute Gasteiger partial charge is 0.388 e. The van der Waals surface area contributed by atoms with Gasteiger partial charge in [0.05, 0.1) is 11.1 Å². The van der Waals surface area contributed by atoms with Crippen molar-refractivity contribution in [3.05, 3.63) is 63.4 Å². The maximum Gasteiger partial charge on any atom is 0.0834 e. The minimum Gasteiger partial charge on any atom is -0.388 e. The highest BCUT2D eigenvalue weighted by Crippen LogP contribution is 2.28. The van der Waals surface area contributed by atoms with Gasteiger partial charge in [0.15, 0.2) is 0 Å². The third-order valence-corrected chi connectivity index (χ3v) is 3.69. The van der Waals surface area contributed by atoms with Crippen molar-refractivity contribution >= 4 is 23.2 Å². The molecule has 0 fully saturated rings. The molecule has 94 valence electrons. The van der Waals surface area contributed by atoms with Crippen LogP contribution in [0.2, 0.25) is 10.0 Å². The summed E-state index contributed by atoms with van der Waals surface area (Å²) in [7, 11) is 0. The van der Waals surface area contributed by atoms with E-state index in [0.717, 1.165) is 16.7 Å². The van der Waals surface area contributed by atoms with E-state index in [1.165, 1.54) is 0 Å². The van der Waals surface area contributed by atoms with Crippen LogP contribution in [0.3, 0.4) is 0 Å². The molecule has 0 aliphatic carbocycles. The lowest BCUT2D eigenvalue weighted by atomic mass is 9.98. The molecule has 1 unspecified atom stereocenters. The monoisotopic (exact) mass is 281 g/mol. The zero-order chi connectivity index (χ0) is 13.1. The van der Waals surface area contributed by atoms with Gasteiger partial charge in [-0.1, -0.05) is 35.3 Å². The molecule has 0 saturated carbocycles. The first kappa shape index (κ1) is 13.3. The lowest BCUT2D eigenvalue weighted by Gasteiger charge is -2.15. The van der Waals surface area contributed by atoms with Crippen molar-refractivity contribution in [2.45, 2.75) is 19.4 Å². The van der Waals surface area contributed by atoms with Crippen molar-refractivity contribution in [3.8, 4) is 0 Å². The van der Waals surface area contributed by atoms with Crippen LogP contribution in [0.25, 0.3) is 0 Å². The summed E-state index contributed by atoms with van der Waals surface area (Å²) in [5.41, 5.74) is 2.60. The van der Waals surface area contributed by atoms with Crippen molar-refractivity contribution in [1.29, 1.82) is 0 Å². The predicted octanol–water partition coefficient (Wildman–Crippen LogP) is 3.97. The molecule has 2 nitrogen and oxygen atoms in total. The van der Waals surface area contributed by atoms with Gasteiger partial charge in [0.2, 0.25) is 0 Å². The summed E-state index contributed by atoms with van der Waals surface area (Å²) in [5, 5.41) is 11.5. The summed E-state index contributed by atoms with van der Waals surface area (Å²) in [6.07, 6.45) is 3.07. The zero-order valence-corrected chi connectivity index (χ0v) is 11.4. The van der Waals surface area contributed by atoms with E-state index in [-0.39, 0.29) is 0 Å². The first-order valence-electron chi connectivity index (χ1n) is 5.61. The molecule has 1 atom stereocenters. The third kappa shape index (κ3) is 2.83. The Morgan fingerprint density at radius 2 is 2.00 bits per heavy atom. The number of aliphatic hydroxyl groups is 1. The Morgan fingerprint density at radius 1 is 1.22 bits per heavy atom. The van der Waals surface area contributed by atoms with Crippen LogP contribution in [0.15, 0.2) is 36.7 Å². The summed E-state index contributed by atoms with van der Waals surface area (Å²) in [5.74, 6) is 0. The van der Waals surface area contributed by atoms with Gasteiger partial charge in [-0.05, 0) is 35.7 Å². The molecule has 1 heterocycles. The van der Waals surface area contributed by atoms with Crippen LogP contribution >= 0.6 is 23.2 Å². The van der Waals surface area contributed by atoms with Gasteiger partial charge < -0.3 is 5.11 Å². The molecular formula is C14H13Cl2NO. The van der Waals surface area contributed by atoms with Crippen molar-refractivity contribution < 1.29 is 5.11 Å². The summed E-state index contributed by atoms with van der Waals surface area (Å²) in [6.45, 7) is 1.90. The van der Waals surface area contributed by atoms with Gasteiger partial charge in [-0.3, -0.25) is 4.98 Å². The second-order valence-corrected chi connectivity index (χ2v) is 4.96. The number of hydrogen-bond acceptors (Lipinski definition) is 2. The van der Waals surface area contributed by atoms with Crippen molar-refractivity contribution in [2.24, 2.45) is 0 Å². The second kappa shape index (κ2) is 5.70. The van der Waals surface area contributed by atoms with E-state index in [1.54, 1.807) is 12.4 Å². The van der Waals surface area contributed by atoms with Crippen LogP contribution in [-0.2, 0) is 6.42 Å². The minimum atomic E-state index is -0.622. The van der Waals surface area contributed by atoms with Crippen molar-refractivity contribution in [3.63, 3.8) is 0 Å². The number of hydrogen-bond donors (Lipinski definition) is 1. The van der Waals surface area contributed by atoms with E-state index in [0.29, 0.717) is 16.5 Å². The van der Waals surface area contributed by atoms with Gasteiger partial charge >= 0.3 is 0 Å². The number of pyridine rings is 1. The Morgan fingerprint density at radius 3 is 2.72 bits per heavy atom. The van der Waals surface area contributed by atoms with Gasteiger partial charge in [0.25, 0.3) is 0 Å². The van der Waals surface area contributed by atoms with Gasteiger partial charge in [0, 0.05) is 23.8 Å². The van der Waals surface area contributed by atoms with Gasteiger partial charge in [-0.2, -0.15) is 0 Å². The Kier molecular flexibility index (Phi) is 4.23. The van der Waals surface area contributed by atoms with Crippen molar-refractivity contribution in [2.75, 3.05) is 0 Å². The first-order valence-corrected chi connectivity index (χ1v) is 6.36. The lowest BCUT2D eigenvalue weighted by Crippen LogP contribution is -2.04. The smallest absolute Gasteiger partial charge is 0.0834 e. The van der Waals surface area contributed by atoms with Crippen LogP contribution in [-0.4, -0.2) is 10.1 Å². The molecule has 0 aliphatic heterocycles. The van der Waals surface area contributed by atoms with E-state index in [2.05, 4.69) is 4.98 Å². The molecular weight excluding hydrogens is 269 g/mol. The van der Waals surface area contributed by atoms with Crippen LogP contribution in [0.5, 0.6) is 0 Å². The highest BCUT2D eigenvalue weighted by atomic mass is 35.5. The normalized spacial score (nSPS) is 12.4. The van der Waals surface area contributed by atoms with E-state index in [1.807, 2.05) is 31.2 Å². The standard InChI is InChI=1S/C14H13Cl2NO/c1-9-11(3-2-4-12(9)15)14(18)7-10-5-6-17-8-13(10)16/h2-6,8,14,18H,7H2,1H3. The van der Waals surface area contributed by atoms with Crippen LogP contribution in [0.1, 0.15) is 22.8 Å². The molecule has 0 saturated heterocycles. The summed E-state index contributed by atoms with van der Waals surface area (Å²) < 4.78 is 0. The first-order chi connectivity index (χ1) is 8.59. The van der Waals surface area contributed by atoms with Crippen LogP contribution in [0.4, 0.5) is 0 Å². The van der Waals surface area contributed by atoms with Gasteiger partial charge in [-0.25, -0.2) is 0 Å². The molecule has 1 N–H and O–H groups in total. The van der Waals surface area contributed by atoms with E-state index in [9.17, 15) is 5.11 Å². The van der Waals surface area contributed by atoms with Gasteiger partial charge in [-0.15, -0.1) is 0 Å². The summed E-state index contributed by atoms with van der Waals surface area (Å²) in [4.78, 5) is 3.92. The molecule has 1 aromatic carbocycles. The fourth-order valence-electron chi connectivity index (χ4n) is 1.87. The van der Waals surface area contributed by atoms with E-state index in [4.69, 9.17) is 23.2 Å². The van der Waals surface area contributed by atoms with Crippen molar-refractivity contribution in [1.82, 2.24) is 4.98 Å². The number of aromatic nitrogens is 1. The molecule has 0 radical (unpaired) electrons. The number of halogens is 2. The van der Waals surface area contributed by atoms with E-state index >= 15 is 0 Å². The molecule has 1 aromatic heterocycles. The molecule has 4 heteroatoms. The maximum atomic E-state index is 10.3. The Bertz CT molecular complexity index is 557. The molecule has 2 rings (SSSR count). The molecule has 0 aliphatic rings. The lowest BCUT2D eigenvalue weighted by molar-refractivity contribution is 0.177. The number of aliphatic hydroxyl groups excluding tert-OH is 1. The average molecular weight is 282 g/mol. The summed E-state index contributed by atoms with van der Waals surface area (Å²) in [6, 6.07) is 7.33. The molecule has 0 bridgehead atoms. The molecule has 0 spiro atoms. The number of nitrogens with zero attached hydrogens (tertiary/aromatic N) is 1. The summed E-state index contributed by atoms with van der Waals surface area (Å²) >= 11 is 12.1. The third-order valence-electron chi connectivity index (χ3n) is 2.94. The Labute approximate surface area is 116 Å². The SMILES string of the molecule is Cc1c(Cl)cccc1C(O)Cc1ccncc1Cl. The minimum absolute atomic E-state index is 0.447. The highest BCUT2D eigenvalue weighted by Gasteiger charge is 2.14. The van der Waals surface area contributed by atoms with E-state index < -0.39 is 6.10 Å². The maximum absolute atomic E-state index is 10.3. The topological polar surface area (TPSA) is 33.1 Å². The van der Waals surface area contributed by atoms with Crippen LogP contribution < -0.4 is 0 Å². The fraction of sp³-hybridized carbons (Fsp3) is 0.214. The predicted molar refractivity (Wildman–Crippen MR) is 74.1 cm³/mol. The number of rotatable bonds is 3. The zero-order valence-electron chi connectivity index (χ0n) is 9.90. The molecule has 18 heavy (non-hydrogen) atoms. The van der Waals surface area contributed by atoms with Gasteiger partial charge in [0.1, 0.15) is 0 Å².